The SMILES string of the molecule is CCNC(C)c1ccc(-c2cccc(C)c2)cc1. The van der Waals surface area contributed by atoms with Crippen molar-refractivity contribution >= 4 is 0 Å². The molecule has 1 heteroatoms. The zero-order valence-electron chi connectivity index (χ0n) is 11.4. The molecule has 0 bridgehead atoms. The van der Waals surface area contributed by atoms with Crippen molar-refractivity contribution in [3.05, 3.63) is 59.7 Å². The molecule has 1 unspecified atom stereocenters. The monoisotopic (exact) mass is 239 g/mol. The number of hydrogen-bond donors (Lipinski definition) is 1. The minimum atomic E-state index is 0.418. The highest BCUT2D eigenvalue weighted by atomic mass is 14.9. The summed E-state index contributed by atoms with van der Waals surface area (Å²) < 4.78 is 0. The van der Waals surface area contributed by atoms with E-state index in [-0.39, 0.29) is 0 Å². The maximum absolute atomic E-state index is 3.43. The van der Waals surface area contributed by atoms with E-state index in [1.165, 1.54) is 22.3 Å². The normalized spacial score (nSPS) is 12.4. The second-order valence-corrected chi connectivity index (χ2v) is 4.77. The Morgan fingerprint density at radius 3 is 2.33 bits per heavy atom. The Kier molecular flexibility index (Phi) is 4.16. The molecule has 94 valence electrons. The van der Waals surface area contributed by atoms with E-state index >= 15 is 0 Å². The van der Waals surface area contributed by atoms with Gasteiger partial charge in [0, 0.05) is 6.04 Å². The van der Waals surface area contributed by atoms with E-state index in [2.05, 4.69) is 74.6 Å². The van der Waals surface area contributed by atoms with Crippen molar-refractivity contribution in [2.24, 2.45) is 0 Å². The molecule has 2 aromatic carbocycles. The van der Waals surface area contributed by atoms with Gasteiger partial charge in [0.05, 0.1) is 0 Å². The first-order valence-electron chi connectivity index (χ1n) is 6.61. The van der Waals surface area contributed by atoms with E-state index in [1.54, 1.807) is 0 Å². The molecular weight excluding hydrogens is 218 g/mol. The predicted molar refractivity (Wildman–Crippen MR) is 78.7 cm³/mol. The summed E-state index contributed by atoms with van der Waals surface area (Å²) in [6, 6.07) is 17.9. The molecule has 18 heavy (non-hydrogen) atoms. The van der Waals surface area contributed by atoms with E-state index in [0.29, 0.717) is 6.04 Å². The van der Waals surface area contributed by atoms with Gasteiger partial charge >= 0.3 is 0 Å². The van der Waals surface area contributed by atoms with Gasteiger partial charge in [0.2, 0.25) is 0 Å². The summed E-state index contributed by atoms with van der Waals surface area (Å²) >= 11 is 0. The van der Waals surface area contributed by atoms with Gasteiger partial charge in [-0.3, -0.25) is 0 Å². The third-order valence-corrected chi connectivity index (χ3v) is 3.27. The predicted octanol–water partition coefficient (Wildman–Crippen LogP) is 4.33. The molecule has 1 nitrogen and oxygen atoms in total. The van der Waals surface area contributed by atoms with Gasteiger partial charge in [-0.25, -0.2) is 0 Å². The molecule has 0 aliphatic rings. The van der Waals surface area contributed by atoms with E-state index < -0.39 is 0 Å². The lowest BCUT2D eigenvalue weighted by atomic mass is 10.0. The van der Waals surface area contributed by atoms with Gasteiger partial charge in [-0.1, -0.05) is 61.0 Å². The lowest BCUT2D eigenvalue weighted by Gasteiger charge is -2.13. The summed E-state index contributed by atoms with van der Waals surface area (Å²) in [5, 5.41) is 3.43. The average Bonchev–Trinajstić information content (AvgIpc) is 2.39. The van der Waals surface area contributed by atoms with Gasteiger partial charge < -0.3 is 5.32 Å². The fourth-order valence-electron chi connectivity index (χ4n) is 2.21. The molecular formula is C17H21N. The van der Waals surface area contributed by atoms with Gasteiger partial charge in [0.1, 0.15) is 0 Å². The molecule has 2 rings (SSSR count). The first-order valence-corrected chi connectivity index (χ1v) is 6.61. The number of aryl methyl sites for hydroxylation is 1. The van der Waals surface area contributed by atoms with Crippen LogP contribution in [0.5, 0.6) is 0 Å². The maximum Gasteiger partial charge on any atom is 0.0291 e. The van der Waals surface area contributed by atoms with Gasteiger partial charge in [-0.2, -0.15) is 0 Å². The topological polar surface area (TPSA) is 12.0 Å². The Hall–Kier alpha value is -1.60. The zero-order valence-corrected chi connectivity index (χ0v) is 11.4. The largest absolute Gasteiger partial charge is 0.310 e. The molecule has 0 saturated heterocycles. The van der Waals surface area contributed by atoms with Gasteiger partial charge in [0.25, 0.3) is 0 Å². The molecule has 1 atom stereocenters. The Labute approximate surface area is 110 Å². The van der Waals surface area contributed by atoms with E-state index in [4.69, 9.17) is 0 Å². The van der Waals surface area contributed by atoms with Crippen molar-refractivity contribution in [1.82, 2.24) is 5.32 Å². The molecule has 0 radical (unpaired) electrons. The highest BCUT2D eigenvalue weighted by molar-refractivity contribution is 5.64. The smallest absolute Gasteiger partial charge is 0.0291 e. The molecule has 0 aromatic heterocycles. The number of nitrogens with one attached hydrogen (secondary N) is 1. The molecule has 0 spiro atoms. The van der Waals surface area contributed by atoms with Crippen LogP contribution in [0, 0.1) is 6.92 Å². The van der Waals surface area contributed by atoms with Crippen LogP contribution in [-0.4, -0.2) is 6.54 Å². The first kappa shape index (κ1) is 12.8. The second-order valence-electron chi connectivity index (χ2n) is 4.77. The van der Waals surface area contributed by atoms with E-state index in [1.807, 2.05) is 0 Å². The van der Waals surface area contributed by atoms with Gasteiger partial charge in [-0.15, -0.1) is 0 Å². The summed E-state index contributed by atoms with van der Waals surface area (Å²) in [5.41, 5.74) is 5.22. The third kappa shape index (κ3) is 2.99. The maximum atomic E-state index is 3.43. The summed E-state index contributed by atoms with van der Waals surface area (Å²) in [6.07, 6.45) is 0. The Morgan fingerprint density at radius 2 is 1.72 bits per heavy atom. The van der Waals surface area contributed by atoms with Crippen LogP contribution in [0.1, 0.15) is 31.0 Å². The molecule has 2 aromatic rings. The molecule has 0 saturated carbocycles. The van der Waals surface area contributed by atoms with Crippen LogP contribution in [-0.2, 0) is 0 Å². The van der Waals surface area contributed by atoms with Gasteiger partial charge in [-0.05, 0) is 37.1 Å². The average molecular weight is 239 g/mol. The Bertz CT molecular complexity index is 499. The molecule has 0 aliphatic heterocycles. The minimum Gasteiger partial charge on any atom is -0.310 e. The van der Waals surface area contributed by atoms with Crippen LogP contribution in [0.4, 0.5) is 0 Å². The van der Waals surface area contributed by atoms with Crippen LogP contribution in [0.3, 0.4) is 0 Å². The van der Waals surface area contributed by atoms with E-state index in [9.17, 15) is 0 Å². The van der Waals surface area contributed by atoms with Crippen LogP contribution in [0.2, 0.25) is 0 Å². The quantitative estimate of drug-likeness (QED) is 0.837. The fraction of sp³-hybridized carbons (Fsp3) is 0.294. The lowest BCUT2D eigenvalue weighted by Crippen LogP contribution is -2.17. The van der Waals surface area contributed by atoms with Crippen molar-refractivity contribution in [1.29, 1.82) is 0 Å². The summed E-state index contributed by atoms with van der Waals surface area (Å²) in [6.45, 7) is 7.47. The highest BCUT2D eigenvalue weighted by Crippen LogP contribution is 2.22. The zero-order chi connectivity index (χ0) is 13.0. The third-order valence-electron chi connectivity index (χ3n) is 3.27. The number of rotatable bonds is 4. The highest BCUT2D eigenvalue weighted by Gasteiger charge is 2.04. The van der Waals surface area contributed by atoms with Crippen molar-refractivity contribution < 1.29 is 0 Å². The van der Waals surface area contributed by atoms with Crippen LogP contribution < -0.4 is 5.32 Å². The van der Waals surface area contributed by atoms with Crippen molar-refractivity contribution in [3.8, 4) is 11.1 Å². The second kappa shape index (κ2) is 5.83. The number of hydrogen-bond acceptors (Lipinski definition) is 1. The number of benzene rings is 2. The summed E-state index contributed by atoms with van der Waals surface area (Å²) in [5.74, 6) is 0. The van der Waals surface area contributed by atoms with Crippen molar-refractivity contribution in [2.75, 3.05) is 6.54 Å². The summed E-state index contributed by atoms with van der Waals surface area (Å²) in [7, 11) is 0. The van der Waals surface area contributed by atoms with E-state index in [0.717, 1.165) is 6.54 Å². The van der Waals surface area contributed by atoms with Crippen LogP contribution in [0.25, 0.3) is 11.1 Å². The van der Waals surface area contributed by atoms with Crippen molar-refractivity contribution in [3.63, 3.8) is 0 Å². The Balaban J connectivity index is 2.22. The Morgan fingerprint density at radius 1 is 1.00 bits per heavy atom. The first-order chi connectivity index (χ1) is 8.70. The van der Waals surface area contributed by atoms with Crippen LogP contribution >= 0.6 is 0 Å². The molecule has 0 amide bonds. The summed E-state index contributed by atoms with van der Waals surface area (Å²) in [4.78, 5) is 0. The molecule has 0 aliphatic carbocycles. The fourth-order valence-corrected chi connectivity index (χ4v) is 2.21. The van der Waals surface area contributed by atoms with Gasteiger partial charge in [0.15, 0.2) is 0 Å². The van der Waals surface area contributed by atoms with Crippen molar-refractivity contribution in [2.45, 2.75) is 26.8 Å². The molecule has 0 fully saturated rings. The minimum absolute atomic E-state index is 0.418. The lowest BCUT2D eigenvalue weighted by molar-refractivity contribution is 0.598. The molecule has 0 heterocycles. The molecule has 1 N–H and O–H groups in total. The van der Waals surface area contributed by atoms with Crippen LogP contribution in [0.15, 0.2) is 48.5 Å². The standard InChI is InChI=1S/C17H21N/c1-4-18-14(3)15-8-10-16(11-9-15)17-7-5-6-13(2)12-17/h5-12,14,18H,4H2,1-3H3.